The molecule has 0 saturated heterocycles. The highest BCUT2D eigenvalue weighted by Crippen LogP contribution is 2.32. The van der Waals surface area contributed by atoms with E-state index in [1.165, 1.54) is 18.2 Å². The van der Waals surface area contributed by atoms with Crippen molar-refractivity contribution in [3.63, 3.8) is 0 Å². The lowest BCUT2D eigenvalue weighted by Crippen LogP contribution is -2.36. The first-order valence-electron chi connectivity index (χ1n) is 6.48. The van der Waals surface area contributed by atoms with Crippen molar-refractivity contribution in [1.82, 2.24) is 0 Å². The molecule has 1 aromatic carbocycles. The minimum atomic E-state index is -0.942. The molecule has 108 valence electrons. The van der Waals surface area contributed by atoms with Crippen molar-refractivity contribution in [2.24, 2.45) is 11.8 Å². The standard InChI is InChI=1S/C14H15BrFNO3/c15-11-6-5-8(16)7-12(11)17-13(18)9-3-1-2-4-10(9)14(19)20/h5-7,9-10H,1-4H2,(H,17,18)(H,19,20). The Morgan fingerprint density at radius 1 is 1.25 bits per heavy atom. The highest BCUT2D eigenvalue weighted by Gasteiger charge is 2.35. The van der Waals surface area contributed by atoms with Gasteiger partial charge >= 0.3 is 5.97 Å². The summed E-state index contributed by atoms with van der Waals surface area (Å²) in [7, 11) is 0. The van der Waals surface area contributed by atoms with Crippen molar-refractivity contribution in [2.75, 3.05) is 5.32 Å². The zero-order valence-corrected chi connectivity index (χ0v) is 12.3. The van der Waals surface area contributed by atoms with Gasteiger partial charge in [-0.1, -0.05) is 12.8 Å². The van der Waals surface area contributed by atoms with E-state index in [2.05, 4.69) is 21.2 Å². The number of hydrogen-bond acceptors (Lipinski definition) is 2. The van der Waals surface area contributed by atoms with Gasteiger partial charge in [-0.3, -0.25) is 9.59 Å². The van der Waals surface area contributed by atoms with Crippen LogP contribution < -0.4 is 5.32 Å². The summed E-state index contributed by atoms with van der Waals surface area (Å²) in [5, 5.41) is 11.8. The van der Waals surface area contributed by atoms with Gasteiger partial charge in [0.05, 0.1) is 17.5 Å². The molecule has 1 saturated carbocycles. The van der Waals surface area contributed by atoms with Gasteiger partial charge in [-0.2, -0.15) is 0 Å². The normalized spacial score (nSPS) is 22.3. The number of carboxylic acids is 1. The van der Waals surface area contributed by atoms with Gasteiger partial charge in [0.25, 0.3) is 0 Å². The summed E-state index contributed by atoms with van der Waals surface area (Å²) in [4.78, 5) is 23.4. The minimum absolute atomic E-state index is 0.324. The number of carbonyl (C=O) groups is 2. The van der Waals surface area contributed by atoms with Gasteiger partial charge in [0, 0.05) is 4.47 Å². The number of halogens is 2. The van der Waals surface area contributed by atoms with Crippen LogP contribution >= 0.6 is 15.9 Å². The predicted molar refractivity (Wildman–Crippen MR) is 75.8 cm³/mol. The maximum atomic E-state index is 13.2. The Balaban J connectivity index is 2.14. The quantitative estimate of drug-likeness (QED) is 0.883. The van der Waals surface area contributed by atoms with Gasteiger partial charge in [-0.05, 0) is 47.0 Å². The third-order valence-electron chi connectivity index (χ3n) is 3.61. The van der Waals surface area contributed by atoms with E-state index in [1.54, 1.807) is 0 Å². The summed E-state index contributed by atoms with van der Waals surface area (Å²) in [6.45, 7) is 0. The van der Waals surface area contributed by atoms with Gasteiger partial charge in [-0.25, -0.2) is 4.39 Å². The van der Waals surface area contributed by atoms with Crippen molar-refractivity contribution in [1.29, 1.82) is 0 Å². The number of amides is 1. The van der Waals surface area contributed by atoms with E-state index in [0.29, 0.717) is 23.0 Å². The molecule has 0 aromatic heterocycles. The van der Waals surface area contributed by atoms with Crippen molar-refractivity contribution >= 4 is 33.5 Å². The van der Waals surface area contributed by atoms with Gasteiger partial charge in [-0.15, -0.1) is 0 Å². The van der Waals surface area contributed by atoms with Crippen LogP contribution in [0.3, 0.4) is 0 Å². The van der Waals surface area contributed by atoms with Crippen LogP contribution in [0.15, 0.2) is 22.7 Å². The molecule has 0 radical (unpaired) electrons. The van der Waals surface area contributed by atoms with E-state index in [1.807, 2.05) is 0 Å². The van der Waals surface area contributed by atoms with E-state index in [4.69, 9.17) is 0 Å². The number of hydrogen-bond donors (Lipinski definition) is 2. The first-order chi connectivity index (χ1) is 9.49. The Morgan fingerprint density at radius 3 is 2.55 bits per heavy atom. The van der Waals surface area contributed by atoms with Crippen molar-refractivity contribution in [3.8, 4) is 0 Å². The second-order valence-corrected chi connectivity index (χ2v) is 5.80. The van der Waals surface area contributed by atoms with Crippen LogP contribution in [0.5, 0.6) is 0 Å². The smallest absolute Gasteiger partial charge is 0.307 e. The minimum Gasteiger partial charge on any atom is -0.481 e. The fourth-order valence-corrected chi connectivity index (χ4v) is 2.90. The van der Waals surface area contributed by atoms with Crippen LogP contribution in [-0.2, 0) is 9.59 Å². The molecule has 2 rings (SSSR count). The van der Waals surface area contributed by atoms with E-state index in [0.717, 1.165) is 12.8 Å². The molecule has 20 heavy (non-hydrogen) atoms. The summed E-state index contributed by atoms with van der Waals surface area (Å²) in [5.74, 6) is -2.97. The van der Waals surface area contributed by atoms with Crippen molar-refractivity contribution < 1.29 is 19.1 Å². The highest BCUT2D eigenvalue weighted by atomic mass is 79.9. The fraction of sp³-hybridized carbons (Fsp3) is 0.429. The molecule has 0 aliphatic heterocycles. The molecule has 1 aliphatic carbocycles. The molecule has 1 amide bonds. The molecule has 2 N–H and O–H groups in total. The molecular weight excluding hydrogens is 329 g/mol. The number of aliphatic carboxylic acids is 1. The lowest BCUT2D eigenvalue weighted by atomic mass is 9.78. The van der Waals surface area contributed by atoms with Crippen LogP contribution in [0.4, 0.5) is 10.1 Å². The third kappa shape index (κ3) is 3.36. The Bertz CT molecular complexity index is 535. The lowest BCUT2D eigenvalue weighted by molar-refractivity contribution is -0.147. The Hall–Kier alpha value is -1.43. The maximum Gasteiger partial charge on any atom is 0.307 e. The summed E-state index contributed by atoms with van der Waals surface area (Å²) in [5.41, 5.74) is 0.324. The Kier molecular flexibility index (Phi) is 4.75. The van der Waals surface area contributed by atoms with Crippen LogP contribution in [0.2, 0.25) is 0 Å². The third-order valence-corrected chi connectivity index (χ3v) is 4.30. The van der Waals surface area contributed by atoms with Gasteiger partial charge < -0.3 is 10.4 Å². The van der Waals surface area contributed by atoms with Gasteiger partial charge in [0.15, 0.2) is 0 Å². The van der Waals surface area contributed by atoms with Crippen LogP contribution in [0.1, 0.15) is 25.7 Å². The van der Waals surface area contributed by atoms with Crippen molar-refractivity contribution in [3.05, 3.63) is 28.5 Å². The molecule has 1 aromatic rings. The predicted octanol–water partition coefficient (Wildman–Crippen LogP) is 3.42. The molecule has 1 fully saturated rings. The number of benzene rings is 1. The zero-order valence-electron chi connectivity index (χ0n) is 10.7. The SMILES string of the molecule is O=C(O)C1CCCCC1C(=O)Nc1cc(F)ccc1Br. The van der Waals surface area contributed by atoms with Crippen LogP contribution in [-0.4, -0.2) is 17.0 Å². The molecule has 4 nitrogen and oxygen atoms in total. The Morgan fingerprint density at radius 2 is 1.90 bits per heavy atom. The van der Waals surface area contributed by atoms with E-state index in [-0.39, 0.29) is 5.91 Å². The number of rotatable bonds is 3. The molecule has 2 unspecified atom stereocenters. The second kappa shape index (κ2) is 6.35. The number of carbonyl (C=O) groups excluding carboxylic acids is 1. The average molecular weight is 344 g/mol. The average Bonchev–Trinajstić information content (AvgIpc) is 2.42. The van der Waals surface area contributed by atoms with Gasteiger partial charge in [0.1, 0.15) is 5.82 Å². The molecule has 0 heterocycles. The summed E-state index contributed by atoms with van der Waals surface area (Å²) in [6, 6.07) is 3.99. The first kappa shape index (κ1) is 15.0. The zero-order chi connectivity index (χ0) is 14.7. The second-order valence-electron chi connectivity index (χ2n) is 4.95. The lowest BCUT2D eigenvalue weighted by Gasteiger charge is -2.27. The monoisotopic (exact) mass is 343 g/mol. The summed E-state index contributed by atoms with van der Waals surface area (Å²) in [6.07, 6.45) is 2.73. The van der Waals surface area contributed by atoms with E-state index >= 15 is 0 Å². The topological polar surface area (TPSA) is 66.4 Å². The van der Waals surface area contributed by atoms with Gasteiger partial charge in [0.2, 0.25) is 5.91 Å². The van der Waals surface area contributed by atoms with Crippen LogP contribution in [0.25, 0.3) is 0 Å². The van der Waals surface area contributed by atoms with Crippen LogP contribution in [0, 0.1) is 17.7 Å². The molecule has 1 aliphatic rings. The fourth-order valence-electron chi connectivity index (χ4n) is 2.56. The number of carboxylic acid groups (broad SMARTS) is 1. The van der Waals surface area contributed by atoms with E-state index in [9.17, 15) is 19.1 Å². The largest absolute Gasteiger partial charge is 0.481 e. The molecule has 0 bridgehead atoms. The van der Waals surface area contributed by atoms with Crippen molar-refractivity contribution in [2.45, 2.75) is 25.7 Å². The highest BCUT2D eigenvalue weighted by molar-refractivity contribution is 9.10. The molecular formula is C14H15BrFNO3. The number of nitrogens with one attached hydrogen (secondary N) is 1. The molecule has 6 heteroatoms. The number of anilines is 1. The maximum absolute atomic E-state index is 13.2. The summed E-state index contributed by atoms with van der Waals surface area (Å²) >= 11 is 3.23. The molecule has 2 atom stereocenters. The summed E-state index contributed by atoms with van der Waals surface area (Å²) < 4.78 is 13.7. The molecule has 0 spiro atoms. The first-order valence-corrected chi connectivity index (χ1v) is 7.27. The Labute approximate surface area is 124 Å². The van der Waals surface area contributed by atoms with E-state index < -0.39 is 23.6 Å².